The van der Waals surface area contributed by atoms with Gasteiger partial charge in [0.2, 0.25) is 5.91 Å². The fraction of sp³-hybridized carbons (Fsp3) is 0.750. The van der Waals surface area contributed by atoms with Crippen LogP contribution in [0.1, 0.15) is 49.0 Å². The van der Waals surface area contributed by atoms with E-state index in [-0.39, 0.29) is 42.2 Å². The van der Waals surface area contributed by atoms with Gasteiger partial charge >= 0.3 is 12.1 Å². The fourth-order valence-electron chi connectivity index (χ4n) is 4.78. The smallest absolute Gasteiger partial charge is 0.410 e. The molecule has 0 bridgehead atoms. The molecular weight excluding hydrogens is 417 g/mol. The molecule has 0 radical (unpaired) electrons. The van der Waals surface area contributed by atoms with Gasteiger partial charge in [0.05, 0.1) is 25.3 Å². The first-order valence-corrected chi connectivity index (χ1v) is 10.7. The van der Waals surface area contributed by atoms with Gasteiger partial charge in [0.15, 0.2) is 6.04 Å². The van der Waals surface area contributed by atoms with Crippen LogP contribution in [-0.2, 0) is 14.3 Å². The molecule has 3 aliphatic rings. The van der Waals surface area contributed by atoms with Crippen molar-refractivity contribution in [1.29, 1.82) is 0 Å². The van der Waals surface area contributed by atoms with Gasteiger partial charge < -0.3 is 19.7 Å². The van der Waals surface area contributed by atoms with E-state index in [0.717, 1.165) is 17.3 Å². The third-order valence-corrected chi connectivity index (χ3v) is 6.38. The highest BCUT2D eigenvalue weighted by atomic mass is 19.4. The zero-order chi connectivity index (χ0) is 22.2. The second kappa shape index (κ2) is 8.68. The number of carbonyl (C=O) groups excluding carboxylic acids is 2. The van der Waals surface area contributed by atoms with Gasteiger partial charge in [0.25, 0.3) is 0 Å². The van der Waals surface area contributed by atoms with Crippen molar-refractivity contribution in [2.24, 2.45) is 11.8 Å². The van der Waals surface area contributed by atoms with Gasteiger partial charge in [-0.2, -0.15) is 18.3 Å². The number of ether oxygens (including phenoxy) is 2. The number of likely N-dealkylation sites (tertiary alicyclic amines) is 1. The van der Waals surface area contributed by atoms with Crippen LogP contribution in [0.4, 0.5) is 19.0 Å². The number of halogens is 3. The summed E-state index contributed by atoms with van der Waals surface area (Å²) in [6.07, 6.45) is -1.49. The number of anilines is 1. The van der Waals surface area contributed by atoms with Crippen molar-refractivity contribution in [3.63, 3.8) is 0 Å². The third kappa shape index (κ3) is 4.37. The highest BCUT2D eigenvalue weighted by Gasteiger charge is 2.49. The molecule has 172 valence electrons. The second-order valence-electron chi connectivity index (χ2n) is 8.36. The molecule has 8 nitrogen and oxygen atoms in total. The molecule has 2 saturated heterocycles. The summed E-state index contributed by atoms with van der Waals surface area (Å²) < 4.78 is 52.7. The molecule has 4 rings (SSSR count). The second-order valence-corrected chi connectivity index (χ2v) is 8.36. The highest BCUT2D eigenvalue weighted by Crippen LogP contribution is 2.43. The predicted octanol–water partition coefficient (Wildman–Crippen LogP) is 2.62. The minimum absolute atomic E-state index is 0.00681. The number of rotatable bonds is 4. The van der Waals surface area contributed by atoms with Crippen molar-refractivity contribution in [2.75, 3.05) is 38.2 Å². The molecule has 4 atom stereocenters. The summed E-state index contributed by atoms with van der Waals surface area (Å²) >= 11 is 0. The molecule has 0 aromatic carbocycles. The zero-order valence-corrected chi connectivity index (χ0v) is 17.4. The summed E-state index contributed by atoms with van der Waals surface area (Å²) in [4.78, 5) is 26.8. The molecule has 1 N–H and O–H groups in total. The van der Waals surface area contributed by atoms with Crippen molar-refractivity contribution >= 4 is 17.7 Å². The summed E-state index contributed by atoms with van der Waals surface area (Å²) in [7, 11) is 0. The lowest BCUT2D eigenvalue weighted by Crippen LogP contribution is -2.50. The van der Waals surface area contributed by atoms with E-state index in [9.17, 15) is 22.8 Å². The summed E-state index contributed by atoms with van der Waals surface area (Å²) in [5.74, 6) is -0.992. The van der Waals surface area contributed by atoms with Gasteiger partial charge in [-0.05, 0) is 38.5 Å². The van der Waals surface area contributed by atoms with Gasteiger partial charge in [-0.1, -0.05) is 0 Å². The Hall–Kier alpha value is -2.30. The molecule has 1 amide bonds. The molecular formula is C20H27F3N4O4. The van der Waals surface area contributed by atoms with Crippen LogP contribution in [0.25, 0.3) is 0 Å². The first kappa shape index (κ1) is 21.9. The topological polar surface area (TPSA) is 85.7 Å². The zero-order valence-electron chi connectivity index (χ0n) is 17.4. The lowest BCUT2D eigenvalue weighted by atomic mass is 9.85. The van der Waals surface area contributed by atoms with E-state index in [1.54, 1.807) is 11.8 Å². The number of alkyl halides is 3. The number of hydrogen-bond acceptors (Lipinski definition) is 6. The Balaban J connectivity index is 1.56. The molecule has 31 heavy (non-hydrogen) atoms. The summed E-state index contributed by atoms with van der Waals surface area (Å²) in [5, 5.41) is 6.96. The molecule has 11 heteroatoms. The quantitative estimate of drug-likeness (QED) is 0.719. The maximum atomic E-state index is 13.8. The predicted molar refractivity (Wildman–Crippen MR) is 104 cm³/mol. The van der Waals surface area contributed by atoms with Gasteiger partial charge in [0.1, 0.15) is 11.4 Å². The summed E-state index contributed by atoms with van der Waals surface area (Å²) in [6, 6.07) is -2.38. The molecule has 1 aromatic rings. The normalized spacial score (nSPS) is 28.7. The van der Waals surface area contributed by atoms with E-state index >= 15 is 0 Å². The van der Waals surface area contributed by atoms with Gasteiger partial charge in [-0.3, -0.25) is 4.79 Å². The van der Waals surface area contributed by atoms with Crippen molar-refractivity contribution in [2.45, 2.75) is 50.9 Å². The number of esters is 1. The number of carbonyl (C=O) groups is 2. The van der Waals surface area contributed by atoms with E-state index in [0.29, 0.717) is 39.1 Å². The van der Waals surface area contributed by atoms with E-state index < -0.39 is 24.2 Å². The molecule has 3 aliphatic heterocycles. The molecule has 4 heterocycles. The van der Waals surface area contributed by atoms with Crippen LogP contribution >= 0.6 is 0 Å². The van der Waals surface area contributed by atoms with E-state index in [2.05, 4.69) is 10.4 Å². The number of nitrogens with one attached hydrogen (secondary N) is 1. The maximum Gasteiger partial charge on any atom is 0.410 e. The number of hydrogen-bond donors (Lipinski definition) is 1. The Morgan fingerprint density at radius 3 is 2.84 bits per heavy atom. The lowest BCUT2D eigenvalue weighted by Gasteiger charge is -2.42. The van der Waals surface area contributed by atoms with Crippen molar-refractivity contribution in [3.05, 3.63) is 11.8 Å². The Morgan fingerprint density at radius 2 is 2.16 bits per heavy atom. The maximum absolute atomic E-state index is 13.8. The van der Waals surface area contributed by atoms with Crippen LogP contribution in [0.5, 0.6) is 0 Å². The van der Waals surface area contributed by atoms with E-state index in [1.807, 2.05) is 0 Å². The van der Waals surface area contributed by atoms with Crippen LogP contribution in [0.15, 0.2) is 6.20 Å². The number of aromatic nitrogens is 2. The molecule has 2 fully saturated rings. The Kier molecular flexibility index (Phi) is 6.14. The van der Waals surface area contributed by atoms with Crippen molar-refractivity contribution in [3.8, 4) is 0 Å². The number of piperidine rings is 1. The van der Waals surface area contributed by atoms with E-state index in [4.69, 9.17) is 9.47 Å². The Bertz CT molecular complexity index is 822. The average Bonchev–Trinajstić information content (AvgIpc) is 3.42. The number of nitrogens with zero attached hydrogens (tertiary/aromatic N) is 3. The van der Waals surface area contributed by atoms with Crippen LogP contribution < -0.4 is 5.32 Å². The number of amides is 1. The molecule has 0 spiro atoms. The van der Waals surface area contributed by atoms with Crippen LogP contribution in [0.3, 0.4) is 0 Å². The first-order chi connectivity index (χ1) is 14.8. The SMILES string of the molecule is CCOC(=O)c1cnn2c1N[C@H]([C@@H]1CCCN(C(=O)[C@H]3CCOC3)C1)C[C@@H]2C(F)(F)F. The summed E-state index contributed by atoms with van der Waals surface area (Å²) in [5.41, 5.74) is -0.00681. The lowest BCUT2D eigenvalue weighted by molar-refractivity contribution is -0.175. The molecule has 0 saturated carbocycles. The molecule has 0 aliphatic carbocycles. The Morgan fingerprint density at radius 1 is 1.35 bits per heavy atom. The monoisotopic (exact) mass is 444 g/mol. The minimum atomic E-state index is -4.52. The largest absolute Gasteiger partial charge is 0.462 e. The minimum Gasteiger partial charge on any atom is -0.462 e. The molecule has 0 unspecified atom stereocenters. The Labute approximate surface area is 178 Å². The molecule has 1 aromatic heterocycles. The van der Waals surface area contributed by atoms with Gasteiger partial charge in [0, 0.05) is 25.7 Å². The highest BCUT2D eigenvalue weighted by molar-refractivity contribution is 5.94. The fourth-order valence-corrected chi connectivity index (χ4v) is 4.78. The third-order valence-electron chi connectivity index (χ3n) is 6.38. The van der Waals surface area contributed by atoms with Crippen molar-refractivity contribution in [1.82, 2.24) is 14.7 Å². The first-order valence-electron chi connectivity index (χ1n) is 10.7. The van der Waals surface area contributed by atoms with E-state index in [1.165, 1.54) is 0 Å². The van der Waals surface area contributed by atoms with Crippen LogP contribution in [0, 0.1) is 11.8 Å². The average molecular weight is 444 g/mol. The summed E-state index contributed by atoms with van der Waals surface area (Å²) in [6.45, 7) is 3.70. The standard InChI is InChI=1S/C20H27F3N4O4/c1-2-31-19(29)14-9-24-27-16(20(21,22)23)8-15(25-17(14)27)12-4-3-6-26(10-12)18(28)13-5-7-30-11-13/h9,12-13,15-16,25H,2-8,10-11H2,1H3/t12-,13+,15+,16-/m1/s1. The number of fused-ring (bicyclic) bond motifs is 1. The van der Waals surface area contributed by atoms with Crippen LogP contribution in [-0.4, -0.2) is 71.7 Å². The van der Waals surface area contributed by atoms with Crippen LogP contribution in [0.2, 0.25) is 0 Å². The van der Waals surface area contributed by atoms with Crippen molar-refractivity contribution < 1.29 is 32.2 Å². The van der Waals surface area contributed by atoms with Gasteiger partial charge in [-0.25, -0.2) is 9.48 Å². The van der Waals surface area contributed by atoms with Gasteiger partial charge in [-0.15, -0.1) is 0 Å².